The number of nitrogens with two attached hydrogens (primary N) is 1. The number of aromatic nitrogens is 2. The molecule has 0 aliphatic heterocycles. The minimum absolute atomic E-state index is 0.241. The highest BCUT2D eigenvalue weighted by Crippen LogP contribution is 2.29. The van der Waals surface area contributed by atoms with Gasteiger partial charge in [-0.2, -0.15) is 0 Å². The maximum Gasteiger partial charge on any atom is 0.129 e. The number of fused-ring (bicyclic) bond motifs is 1. The molecule has 0 fully saturated rings. The first kappa shape index (κ1) is 13.0. The van der Waals surface area contributed by atoms with Gasteiger partial charge in [0.1, 0.15) is 11.6 Å². The quantitative estimate of drug-likeness (QED) is 0.906. The molecule has 1 atom stereocenters. The van der Waals surface area contributed by atoms with Crippen LogP contribution in [0, 0.1) is 5.82 Å². The van der Waals surface area contributed by atoms with Crippen molar-refractivity contribution in [3.63, 3.8) is 0 Å². The van der Waals surface area contributed by atoms with E-state index >= 15 is 0 Å². The second-order valence-corrected chi connectivity index (χ2v) is 5.30. The zero-order chi connectivity index (χ0) is 13.5. The lowest BCUT2D eigenvalue weighted by Gasteiger charge is -2.25. The number of halogens is 1. The number of benzene rings is 1. The van der Waals surface area contributed by atoms with Crippen LogP contribution < -0.4 is 5.73 Å². The Morgan fingerprint density at radius 1 is 1.44 bits per heavy atom. The molecular weight excluding hydrogens is 229 g/mol. The van der Waals surface area contributed by atoms with E-state index in [1.165, 1.54) is 12.1 Å². The summed E-state index contributed by atoms with van der Waals surface area (Å²) in [6, 6.07) is 4.94. The van der Waals surface area contributed by atoms with Crippen molar-refractivity contribution < 1.29 is 4.39 Å². The monoisotopic (exact) mass is 249 g/mol. The fourth-order valence-electron chi connectivity index (χ4n) is 2.16. The van der Waals surface area contributed by atoms with E-state index in [0.29, 0.717) is 5.52 Å². The van der Waals surface area contributed by atoms with Crippen LogP contribution in [0.4, 0.5) is 4.39 Å². The lowest BCUT2D eigenvalue weighted by Crippen LogP contribution is -2.35. The smallest absolute Gasteiger partial charge is 0.129 e. The summed E-state index contributed by atoms with van der Waals surface area (Å²) in [5.41, 5.74) is 7.41. The SMILES string of the molecule is CCC(C)(N)c1nc2cc(F)ccc2n1C(C)C. The average molecular weight is 249 g/mol. The molecule has 1 heterocycles. The van der Waals surface area contributed by atoms with Gasteiger partial charge < -0.3 is 10.3 Å². The molecule has 1 aromatic carbocycles. The third kappa shape index (κ3) is 2.01. The zero-order valence-electron chi connectivity index (χ0n) is 11.4. The predicted molar refractivity (Wildman–Crippen MR) is 71.9 cm³/mol. The van der Waals surface area contributed by atoms with E-state index in [-0.39, 0.29) is 11.9 Å². The molecule has 0 spiro atoms. The van der Waals surface area contributed by atoms with Crippen LogP contribution in [0.1, 0.15) is 46.0 Å². The van der Waals surface area contributed by atoms with E-state index in [4.69, 9.17) is 5.73 Å². The van der Waals surface area contributed by atoms with Gasteiger partial charge in [0.05, 0.1) is 16.6 Å². The van der Waals surface area contributed by atoms with Gasteiger partial charge in [-0.3, -0.25) is 0 Å². The summed E-state index contributed by atoms with van der Waals surface area (Å²) < 4.78 is 15.4. The van der Waals surface area contributed by atoms with Crippen molar-refractivity contribution in [1.82, 2.24) is 9.55 Å². The summed E-state index contributed by atoms with van der Waals surface area (Å²) in [5.74, 6) is 0.554. The first-order chi connectivity index (χ1) is 8.36. The lowest BCUT2D eigenvalue weighted by molar-refractivity contribution is 0.409. The Balaban J connectivity index is 2.77. The van der Waals surface area contributed by atoms with Crippen LogP contribution in [0.3, 0.4) is 0 Å². The molecule has 2 aromatic rings. The molecular formula is C14H20FN3. The second kappa shape index (κ2) is 4.35. The van der Waals surface area contributed by atoms with E-state index in [0.717, 1.165) is 17.8 Å². The largest absolute Gasteiger partial charge is 0.324 e. The Morgan fingerprint density at radius 2 is 2.11 bits per heavy atom. The van der Waals surface area contributed by atoms with E-state index in [2.05, 4.69) is 23.4 Å². The molecule has 2 N–H and O–H groups in total. The molecule has 0 saturated heterocycles. The molecule has 98 valence electrons. The van der Waals surface area contributed by atoms with Crippen molar-refractivity contribution in [3.8, 4) is 0 Å². The van der Waals surface area contributed by atoms with Crippen LogP contribution in [0.2, 0.25) is 0 Å². The molecule has 0 aliphatic rings. The van der Waals surface area contributed by atoms with Crippen LogP contribution >= 0.6 is 0 Å². The zero-order valence-corrected chi connectivity index (χ0v) is 11.4. The van der Waals surface area contributed by atoms with E-state index < -0.39 is 5.54 Å². The maximum atomic E-state index is 13.3. The van der Waals surface area contributed by atoms with Crippen LogP contribution in [-0.2, 0) is 5.54 Å². The molecule has 0 saturated carbocycles. The van der Waals surface area contributed by atoms with Crippen molar-refractivity contribution in [2.24, 2.45) is 5.73 Å². The van der Waals surface area contributed by atoms with Gasteiger partial charge in [0.25, 0.3) is 0 Å². The highest BCUT2D eigenvalue weighted by atomic mass is 19.1. The summed E-state index contributed by atoms with van der Waals surface area (Å²) in [6.07, 6.45) is 0.783. The Bertz CT molecular complexity index is 570. The molecule has 1 aromatic heterocycles. The van der Waals surface area contributed by atoms with Gasteiger partial charge in [-0.15, -0.1) is 0 Å². The number of hydrogen-bond donors (Lipinski definition) is 1. The second-order valence-electron chi connectivity index (χ2n) is 5.30. The molecule has 18 heavy (non-hydrogen) atoms. The highest BCUT2D eigenvalue weighted by Gasteiger charge is 2.27. The van der Waals surface area contributed by atoms with E-state index in [1.807, 2.05) is 13.8 Å². The number of imidazole rings is 1. The molecule has 0 amide bonds. The van der Waals surface area contributed by atoms with Crippen molar-refractivity contribution in [3.05, 3.63) is 29.8 Å². The molecule has 0 bridgehead atoms. The lowest BCUT2D eigenvalue weighted by atomic mass is 9.99. The molecule has 0 aliphatic carbocycles. The minimum Gasteiger partial charge on any atom is -0.324 e. The third-order valence-corrected chi connectivity index (χ3v) is 3.41. The Morgan fingerprint density at radius 3 is 2.67 bits per heavy atom. The summed E-state index contributed by atoms with van der Waals surface area (Å²) in [7, 11) is 0. The van der Waals surface area contributed by atoms with Crippen molar-refractivity contribution in [2.75, 3.05) is 0 Å². The predicted octanol–water partition coefficient (Wildman–Crippen LogP) is 3.34. The minimum atomic E-state index is -0.500. The number of rotatable bonds is 3. The van der Waals surface area contributed by atoms with Gasteiger partial charge in [-0.1, -0.05) is 6.92 Å². The molecule has 0 radical (unpaired) electrons. The van der Waals surface area contributed by atoms with Gasteiger partial charge in [-0.25, -0.2) is 9.37 Å². The van der Waals surface area contributed by atoms with Gasteiger partial charge in [0, 0.05) is 12.1 Å². The Kier molecular flexibility index (Phi) is 3.15. The average Bonchev–Trinajstić information content (AvgIpc) is 2.68. The van der Waals surface area contributed by atoms with Crippen molar-refractivity contribution in [2.45, 2.75) is 45.7 Å². The maximum absolute atomic E-state index is 13.3. The molecule has 3 nitrogen and oxygen atoms in total. The normalized spacial score (nSPS) is 15.3. The van der Waals surface area contributed by atoms with Crippen molar-refractivity contribution >= 4 is 11.0 Å². The third-order valence-electron chi connectivity index (χ3n) is 3.41. The van der Waals surface area contributed by atoms with Crippen LogP contribution in [0.15, 0.2) is 18.2 Å². The summed E-state index contributed by atoms with van der Waals surface area (Å²) in [4.78, 5) is 4.54. The number of nitrogens with zero attached hydrogens (tertiary/aromatic N) is 2. The summed E-state index contributed by atoms with van der Waals surface area (Å²) in [5, 5.41) is 0. The topological polar surface area (TPSA) is 43.8 Å². The highest BCUT2D eigenvalue weighted by molar-refractivity contribution is 5.76. The Hall–Kier alpha value is -1.42. The summed E-state index contributed by atoms with van der Waals surface area (Å²) >= 11 is 0. The first-order valence-electron chi connectivity index (χ1n) is 6.33. The molecule has 1 unspecified atom stereocenters. The fourth-order valence-corrected chi connectivity index (χ4v) is 2.16. The van der Waals surface area contributed by atoms with Crippen molar-refractivity contribution in [1.29, 1.82) is 0 Å². The molecule has 4 heteroatoms. The van der Waals surface area contributed by atoms with Gasteiger partial charge in [0.2, 0.25) is 0 Å². The van der Waals surface area contributed by atoms with E-state index in [1.54, 1.807) is 6.07 Å². The van der Waals surface area contributed by atoms with E-state index in [9.17, 15) is 4.39 Å². The van der Waals surface area contributed by atoms with Gasteiger partial charge in [-0.05, 0) is 39.3 Å². The Labute approximate surface area is 107 Å². The summed E-state index contributed by atoms with van der Waals surface area (Å²) in [6.45, 7) is 8.16. The number of hydrogen-bond acceptors (Lipinski definition) is 2. The first-order valence-corrected chi connectivity index (χ1v) is 6.33. The molecule has 2 rings (SSSR count). The standard InChI is InChI=1S/C14H20FN3/c1-5-14(4,16)13-17-11-8-10(15)6-7-12(11)18(13)9(2)3/h6-9H,5,16H2,1-4H3. The van der Waals surface area contributed by atoms with Gasteiger partial charge in [0.15, 0.2) is 0 Å². The van der Waals surface area contributed by atoms with Crippen LogP contribution in [0.5, 0.6) is 0 Å². The van der Waals surface area contributed by atoms with Crippen LogP contribution in [-0.4, -0.2) is 9.55 Å². The van der Waals surface area contributed by atoms with Gasteiger partial charge >= 0.3 is 0 Å². The fraction of sp³-hybridized carbons (Fsp3) is 0.500. The van der Waals surface area contributed by atoms with Crippen LogP contribution in [0.25, 0.3) is 11.0 Å².